The smallest absolute Gasteiger partial charge is 0.409 e. The van der Waals surface area contributed by atoms with E-state index in [1.807, 2.05) is 0 Å². The van der Waals surface area contributed by atoms with E-state index in [0.717, 1.165) is 5.56 Å². The van der Waals surface area contributed by atoms with E-state index in [1.165, 1.54) is 20.3 Å². The molecule has 1 aromatic rings. The zero-order valence-corrected chi connectivity index (χ0v) is 16.1. The summed E-state index contributed by atoms with van der Waals surface area (Å²) in [6.45, 7) is 1.76. The number of hydrogen-bond donors (Lipinski definition) is 1. The molecule has 152 valence electrons. The molecule has 3 amide bonds. The lowest BCUT2D eigenvalue weighted by Crippen LogP contribution is -2.36. The molecule has 0 bridgehead atoms. The minimum Gasteiger partial charge on any atom is -0.493 e. The summed E-state index contributed by atoms with van der Waals surface area (Å²) in [6.07, 6.45) is 3.46. The van der Waals surface area contributed by atoms with E-state index >= 15 is 0 Å². The molecule has 1 heterocycles. The zero-order valence-electron chi connectivity index (χ0n) is 16.1. The lowest BCUT2D eigenvalue weighted by Gasteiger charge is -2.20. The SMILES string of the molecule is COC(=O)N1CCCN(C(=O)/C=C/c2ccc(OCC(N)=O)c(OC)c2)CC1. The van der Waals surface area contributed by atoms with Gasteiger partial charge in [0.25, 0.3) is 5.91 Å². The molecule has 0 aliphatic carbocycles. The third-order valence-electron chi connectivity index (χ3n) is 4.22. The van der Waals surface area contributed by atoms with Crippen molar-refractivity contribution in [2.75, 3.05) is 47.0 Å². The predicted molar refractivity (Wildman–Crippen MR) is 102 cm³/mol. The van der Waals surface area contributed by atoms with E-state index in [2.05, 4.69) is 0 Å². The fourth-order valence-electron chi connectivity index (χ4n) is 2.78. The molecular formula is C19H25N3O6. The van der Waals surface area contributed by atoms with E-state index in [4.69, 9.17) is 19.9 Å². The van der Waals surface area contributed by atoms with Crippen LogP contribution in [0.15, 0.2) is 24.3 Å². The normalized spacial score (nSPS) is 14.5. The third kappa shape index (κ3) is 5.90. The fourth-order valence-corrected chi connectivity index (χ4v) is 2.78. The number of nitrogens with zero attached hydrogens (tertiary/aromatic N) is 2. The maximum atomic E-state index is 12.5. The number of ether oxygens (including phenoxy) is 3. The van der Waals surface area contributed by atoms with Crippen molar-refractivity contribution in [3.05, 3.63) is 29.8 Å². The van der Waals surface area contributed by atoms with Crippen LogP contribution in [-0.4, -0.2) is 74.7 Å². The Labute approximate surface area is 163 Å². The highest BCUT2D eigenvalue weighted by Crippen LogP contribution is 2.28. The summed E-state index contributed by atoms with van der Waals surface area (Å²) in [7, 11) is 2.83. The predicted octanol–water partition coefficient (Wildman–Crippen LogP) is 0.873. The molecular weight excluding hydrogens is 366 g/mol. The first-order valence-electron chi connectivity index (χ1n) is 8.83. The molecule has 1 saturated heterocycles. The van der Waals surface area contributed by atoms with E-state index in [9.17, 15) is 14.4 Å². The van der Waals surface area contributed by atoms with Crippen molar-refractivity contribution in [3.63, 3.8) is 0 Å². The molecule has 1 fully saturated rings. The Kier molecular flexibility index (Phi) is 7.67. The summed E-state index contributed by atoms with van der Waals surface area (Å²) >= 11 is 0. The van der Waals surface area contributed by atoms with Gasteiger partial charge in [0.15, 0.2) is 18.1 Å². The fraction of sp³-hybridized carbons (Fsp3) is 0.421. The number of carbonyl (C=O) groups excluding carboxylic acids is 3. The van der Waals surface area contributed by atoms with Gasteiger partial charge in [0.2, 0.25) is 5.91 Å². The number of carbonyl (C=O) groups is 3. The summed E-state index contributed by atoms with van der Waals surface area (Å²) in [6, 6.07) is 5.08. The van der Waals surface area contributed by atoms with Gasteiger partial charge in [-0.1, -0.05) is 6.07 Å². The Hall–Kier alpha value is -3.23. The van der Waals surface area contributed by atoms with Gasteiger partial charge in [-0.05, 0) is 30.2 Å². The van der Waals surface area contributed by atoms with Crippen LogP contribution in [0.25, 0.3) is 6.08 Å². The van der Waals surface area contributed by atoms with Crippen LogP contribution in [0.5, 0.6) is 11.5 Å². The summed E-state index contributed by atoms with van der Waals surface area (Å²) < 4.78 is 15.3. The van der Waals surface area contributed by atoms with Gasteiger partial charge in [-0.2, -0.15) is 0 Å². The molecule has 9 nitrogen and oxygen atoms in total. The minimum atomic E-state index is -0.583. The van der Waals surface area contributed by atoms with Crippen molar-refractivity contribution >= 4 is 24.0 Å². The second-order valence-electron chi connectivity index (χ2n) is 6.13. The molecule has 1 aliphatic heterocycles. The lowest BCUT2D eigenvalue weighted by molar-refractivity contribution is -0.125. The first-order valence-corrected chi connectivity index (χ1v) is 8.83. The molecule has 1 aliphatic rings. The van der Waals surface area contributed by atoms with Gasteiger partial charge < -0.3 is 29.7 Å². The number of nitrogens with two attached hydrogens (primary N) is 1. The van der Waals surface area contributed by atoms with Crippen LogP contribution in [0.3, 0.4) is 0 Å². The average molecular weight is 391 g/mol. The van der Waals surface area contributed by atoms with Crippen molar-refractivity contribution < 1.29 is 28.6 Å². The quantitative estimate of drug-likeness (QED) is 0.721. The summed E-state index contributed by atoms with van der Waals surface area (Å²) in [5.41, 5.74) is 5.81. The third-order valence-corrected chi connectivity index (χ3v) is 4.22. The van der Waals surface area contributed by atoms with E-state index in [1.54, 1.807) is 34.1 Å². The Balaban J connectivity index is 1.99. The van der Waals surface area contributed by atoms with E-state index in [0.29, 0.717) is 44.1 Å². The van der Waals surface area contributed by atoms with E-state index in [-0.39, 0.29) is 18.6 Å². The van der Waals surface area contributed by atoms with Gasteiger partial charge in [-0.15, -0.1) is 0 Å². The molecule has 0 radical (unpaired) electrons. The molecule has 2 N–H and O–H groups in total. The molecule has 1 aromatic carbocycles. The highest BCUT2D eigenvalue weighted by molar-refractivity contribution is 5.92. The highest BCUT2D eigenvalue weighted by Gasteiger charge is 2.21. The van der Waals surface area contributed by atoms with Crippen molar-refractivity contribution in [2.24, 2.45) is 5.73 Å². The monoisotopic (exact) mass is 391 g/mol. The molecule has 0 atom stereocenters. The van der Waals surface area contributed by atoms with Crippen LogP contribution in [0.4, 0.5) is 4.79 Å². The van der Waals surface area contributed by atoms with Crippen LogP contribution in [-0.2, 0) is 14.3 Å². The molecule has 0 aromatic heterocycles. The number of benzene rings is 1. The van der Waals surface area contributed by atoms with Crippen LogP contribution in [0, 0.1) is 0 Å². The maximum absolute atomic E-state index is 12.5. The van der Waals surface area contributed by atoms with Crippen molar-refractivity contribution in [2.45, 2.75) is 6.42 Å². The Bertz CT molecular complexity index is 749. The van der Waals surface area contributed by atoms with E-state index < -0.39 is 5.91 Å². The van der Waals surface area contributed by atoms with Crippen LogP contribution < -0.4 is 15.2 Å². The van der Waals surface area contributed by atoms with Gasteiger partial charge in [0.1, 0.15) is 0 Å². The second-order valence-corrected chi connectivity index (χ2v) is 6.13. The van der Waals surface area contributed by atoms with Crippen LogP contribution >= 0.6 is 0 Å². The Morgan fingerprint density at radius 3 is 2.46 bits per heavy atom. The maximum Gasteiger partial charge on any atom is 0.409 e. The highest BCUT2D eigenvalue weighted by atomic mass is 16.5. The number of methoxy groups -OCH3 is 2. The number of rotatable bonds is 6. The average Bonchev–Trinajstić information content (AvgIpc) is 2.96. The lowest BCUT2D eigenvalue weighted by atomic mass is 10.2. The number of amides is 3. The Morgan fingerprint density at radius 1 is 1.07 bits per heavy atom. The minimum absolute atomic E-state index is 0.139. The summed E-state index contributed by atoms with van der Waals surface area (Å²) in [5.74, 6) is 0.0964. The van der Waals surface area contributed by atoms with Gasteiger partial charge in [-0.25, -0.2) is 4.79 Å². The first-order chi connectivity index (χ1) is 13.4. The molecule has 28 heavy (non-hydrogen) atoms. The number of primary amides is 1. The van der Waals surface area contributed by atoms with Gasteiger partial charge >= 0.3 is 6.09 Å². The first kappa shape index (κ1) is 21.1. The van der Waals surface area contributed by atoms with Crippen molar-refractivity contribution in [3.8, 4) is 11.5 Å². The molecule has 2 rings (SSSR count). The summed E-state index contributed by atoms with van der Waals surface area (Å²) in [4.78, 5) is 38.2. The molecule has 0 spiro atoms. The van der Waals surface area contributed by atoms with Crippen LogP contribution in [0.1, 0.15) is 12.0 Å². The second kappa shape index (κ2) is 10.2. The molecule has 0 saturated carbocycles. The van der Waals surface area contributed by atoms with Gasteiger partial charge in [0.05, 0.1) is 14.2 Å². The van der Waals surface area contributed by atoms with Crippen LogP contribution in [0.2, 0.25) is 0 Å². The largest absolute Gasteiger partial charge is 0.493 e. The Morgan fingerprint density at radius 2 is 1.79 bits per heavy atom. The van der Waals surface area contributed by atoms with Gasteiger partial charge in [-0.3, -0.25) is 9.59 Å². The number of hydrogen-bond acceptors (Lipinski definition) is 6. The standard InChI is InChI=1S/C19H25N3O6/c1-26-16-12-14(4-6-15(16)28-13-17(20)23)5-7-18(24)21-8-3-9-22(11-10-21)19(25)27-2/h4-7,12H,3,8-11,13H2,1-2H3,(H2,20,23)/b7-5+. The molecule has 9 heteroatoms. The zero-order chi connectivity index (χ0) is 20.5. The molecule has 0 unspecified atom stereocenters. The van der Waals surface area contributed by atoms with Gasteiger partial charge in [0, 0.05) is 32.3 Å². The van der Waals surface area contributed by atoms with Crippen molar-refractivity contribution in [1.29, 1.82) is 0 Å². The topological polar surface area (TPSA) is 111 Å². The summed E-state index contributed by atoms with van der Waals surface area (Å²) in [5, 5.41) is 0. The van der Waals surface area contributed by atoms with Crippen molar-refractivity contribution in [1.82, 2.24) is 9.80 Å².